The zero-order valence-corrected chi connectivity index (χ0v) is 9.31. The van der Waals surface area contributed by atoms with Gasteiger partial charge in [0.2, 0.25) is 0 Å². The molecular weight excluding hydrogens is 191 g/mol. The molecule has 0 radical (unpaired) electrons. The molecule has 10 heavy (non-hydrogen) atoms. The summed E-state index contributed by atoms with van der Waals surface area (Å²) < 4.78 is 0. The first-order chi connectivity index (χ1) is 3.46. The van der Waals surface area contributed by atoms with Gasteiger partial charge in [-0.2, -0.15) is 0 Å². The second-order valence-electron chi connectivity index (χ2n) is 0.983. The number of hydrogen-bond acceptors (Lipinski definition) is 4. The molecule has 0 saturated heterocycles. The van der Waals surface area contributed by atoms with E-state index in [-0.39, 0.29) is 25.6 Å². The van der Waals surface area contributed by atoms with Crippen LogP contribution in [0.15, 0.2) is 0 Å². The zero-order chi connectivity index (χ0) is 7.15. The van der Waals surface area contributed by atoms with E-state index in [0.29, 0.717) is 0 Å². The van der Waals surface area contributed by atoms with Gasteiger partial charge in [-0.05, 0) is 13.8 Å². The maximum atomic E-state index is 8.89. The molecular formula is C4H10NO4Zn+. The Morgan fingerprint density at radius 3 is 1.00 bits per heavy atom. The van der Waals surface area contributed by atoms with E-state index in [0.717, 1.165) is 13.8 Å². The van der Waals surface area contributed by atoms with Crippen LogP contribution in [0.5, 0.6) is 0 Å². The molecule has 0 saturated carbocycles. The van der Waals surface area contributed by atoms with E-state index >= 15 is 0 Å². The Bertz CT molecular complexity index is 75.3. The Hall–Kier alpha value is -0.477. The SMILES string of the molecule is CC(=O)[O-].CC(=O)[O-].[NH4+].[Zn+2]. The van der Waals surface area contributed by atoms with Crippen molar-refractivity contribution in [3.8, 4) is 0 Å². The topological polar surface area (TPSA) is 117 Å². The minimum atomic E-state index is -1.08. The molecule has 0 atom stereocenters. The number of carbonyl (C=O) groups is 2. The fraction of sp³-hybridized carbons (Fsp3) is 0.500. The van der Waals surface area contributed by atoms with Crippen molar-refractivity contribution in [3.63, 3.8) is 0 Å². The molecule has 4 N–H and O–H groups in total. The summed E-state index contributed by atoms with van der Waals surface area (Å²) in [5.41, 5.74) is 0. The van der Waals surface area contributed by atoms with Gasteiger partial charge in [-0.15, -0.1) is 0 Å². The third-order valence-electron chi connectivity index (χ3n) is 0. The normalized spacial score (nSPS) is 5.00. The fourth-order valence-electron chi connectivity index (χ4n) is 0. The number of rotatable bonds is 0. The van der Waals surface area contributed by atoms with Gasteiger partial charge in [-0.3, -0.25) is 0 Å². The van der Waals surface area contributed by atoms with Gasteiger partial charge >= 0.3 is 19.5 Å². The maximum absolute atomic E-state index is 8.89. The van der Waals surface area contributed by atoms with Crippen LogP contribution < -0.4 is 16.4 Å². The number of quaternary nitrogens is 1. The van der Waals surface area contributed by atoms with Crippen molar-refractivity contribution < 1.29 is 39.3 Å². The smallest absolute Gasteiger partial charge is 0.550 e. The first-order valence-corrected chi connectivity index (χ1v) is 1.82. The van der Waals surface area contributed by atoms with Crippen molar-refractivity contribution in [2.75, 3.05) is 0 Å². The van der Waals surface area contributed by atoms with E-state index in [4.69, 9.17) is 19.8 Å². The van der Waals surface area contributed by atoms with Gasteiger partial charge < -0.3 is 26.0 Å². The van der Waals surface area contributed by atoms with Crippen LogP contribution in [0.25, 0.3) is 0 Å². The van der Waals surface area contributed by atoms with Crippen molar-refractivity contribution >= 4 is 11.9 Å². The van der Waals surface area contributed by atoms with Crippen LogP contribution in [-0.2, 0) is 29.1 Å². The Morgan fingerprint density at radius 2 is 1.00 bits per heavy atom. The molecule has 0 aromatic heterocycles. The Kier molecular flexibility index (Phi) is 35.9. The molecule has 0 aromatic rings. The van der Waals surface area contributed by atoms with Crippen LogP contribution in [0.2, 0.25) is 0 Å². The average molecular weight is 202 g/mol. The molecule has 0 aliphatic heterocycles. The third kappa shape index (κ3) is 1410. The molecule has 0 aliphatic carbocycles. The number of carbonyl (C=O) groups excluding carboxylic acids is 2. The standard InChI is InChI=1S/2C2H4O2.H3N.Zn/c2*1-2(3)4;;/h2*1H3,(H,3,4);1H3;/q;;;+2/p-1. The van der Waals surface area contributed by atoms with E-state index < -0.39 is 11.9 Å². The van der Waals surface area contributed by atoms with Gasteiger partial charge in [0.05, 0.1) is 0 Å². The number of carboxylic acids is 2. The van der Waals surface area contributed by atoms with Crippen molar-refractivity contribution in [2.24, 2.45) is 0 Å². The molecule has 0 amide bonds. The molecule has 0 fully saturated rings. The summed E-state index contributed by atoms with van der Waals surface area (Å²) in [7, 11) is 0. The molecule has 0 aromatic carbocycles. The monoisotopic (exact) mass is 200 g/mol. The average Bonchev–Trinajstić information content (AvgIpc) is 1.25. The van der Waals surface area contributed by atoms with E-state index in [1.54, 1.807) is 0 Å². The number of hydrogen-bond donors (Lipinski definition) is 1. The van der Waals surface area contributed by atoms with E-state index in [1.165, 1.54) is 0 Å². The van der Waals surface area contributed by atoms with E-state index in [9.17, 15) is 0 Å². The fourth-order valence-corrected chi connectivity index (χ4v) is 0. The van der Waals surface area contributed by atoms with Gasteiger partial charge in [0.15, 0.2) is 0 Å². The molecule has 0 rings (SSSR count). The predicted molar refractivity (Wildman–Crippen MR) is 27.3 cm³/mol. The zero-order valence-electron chi connectivity index (χ0n) is 6.34. The van der Waals surface area contributed by atoms with Crippen LogP contribution in [0.4, 0.5) is 0 Å². The Morgan fingerprint density at radius 1 is 1.00 bits per heavy atom. The Balaban J connectivity index is -0.0000000300. The van der Waals surface area contributed by atoms with E-state index in [1.807, 2.05) is 0 Å². The van der Waals surface area contributed by atoms with Crippen molar-refractivity contribution in [2.45, 2.75) is 13.8 Å². The summed E-state index contributed by atoms with van der Waals surface area (Å²) in [6, 6.07) is 0. The Labute approximate surface area is 71.8 Å². The summed E-state index contributed by atoms with van der Waals surface area (Å²) >= 11 is 0. The first kappa shape index (κ1) is 22.7. The van der Waals surface area contributed by atoms with Crippen LogP contribution in [0, 0.1) is 0 Å². The van der Waals surface area contributed by atoms with Crippen molar-refractivity contribution in [1.29, 1.82) is 0 Å². The molecule has 0 heterocycles. The van der Waals surface area contributed by atoms with Crippen LogP contribution >= 0.6 is 0 Å². The van der Waals surface area contributed by atoms with Gasteiger partial charge in [0.25, 0.3) is 0 Å². The van der Waals surface area contributed by atoms with Gasteiger partial charge in [0.1, 0.15) is 0 Å². The number of aliphatic carboxylic acids is 2. The van der Waals surface area contributed by atoms with E-state index in [2.05, 4.69) is 0 Å². The minimum absolute atomic E-state index is 0. The first-order valence-electron chi connectivity index (χ1n) is 1.82. The molecule has 0 bridgehead atoms. The second kappa shape index (κ2) is 15.8. The molecule has 0 aliphatic rings. The van der Waals surface area contributed by atoms with Gasteiger partial charge in [0, 0.05) is 11.9 Å². The van der Waals surface area contributed by atoms with Crippen molar-refractivity contribution in [1.82, 2.24) is 6.15 Å². The molecule has 6 heteroatoms. The van der Waals surface area contributed by atoms with Crippen LogP contribution in [-0.4, -0.2) is 11.9 Å². The molecule has 5 nitrogen and oxygen atoms in total. The summed E-state index contributed by atoms with van der Waals surface area (Å²) in [4.78, 5) is 17.8. The van der Waals surface area contributed by atoms with Gasteiger partial charge in [-0.1, -0.05) is 0 Å². The summed E-state index contributed by atoms with van der Waals surface area (Å²) in [6.45, 7) is 1.94. The summed E-state index contributed by atoms with van der Waals surface area (Å²) in [6.07, 6.45) is 0. The summed E-state index contributed by atoms with van der Waals surface area (Å²) in [5.74, 6) is -2.17. The largest absolute Gasteiger partial charge is 2.00 e. The van der Waals surface area contributed by atoms with Crippen LogP contribution in [0.3, 0.4) is 0 Å². The van der Waals surface area contributed by atoms with Crippen LogP contribution in [0.1, 0.15) is 13.8 Å². The second-order valence-corrected chi connectivity index (χ2v) is 0.983. The predicted octanol–water partition coefficient (Wildman–Crippen LogP) is -2.11. The maximum Gasteiger partial charge on any atom is 2.00 e. The van der Waals surface area contributed by atoms with Gasteiger partial charge in [-0.25, -0.2) is 0 Å². The van der Waals surface area contributed by atoms with Crippen molar-refractivity contribution in [3.05, 3.63) is 0 Å². The third-order valence-corrected chi connectivity index (χ3v) is 0. The summed E-state index contributed by atoms with van der Waals surface area (Å²) in [5, 5.41) is 17.8. The minimum Gasteiger partial charge on any atom is -0.550 e. The quantitative estimate of drug-likeness (QED) is 0.451. The molecule has 0 spiro atoms. The number of carboxylic acid groups (broad SMARTS) is 2. The molecule has 56 valence electrons. The molecule has 0 unspecified atom stereocenters.